The van der Waals surface area contributed by atoms with Crippen molar-refractivity contribution in [2.75, 3.05) is 33.0 Å². The molecule has 1 aromatic rings. The summed E-state index contributed by atoms with van der Waals surface area (Å²) in [6, 6.07) is 6.71. The summed E-state index contributed by atoms with van der Waals surface area (Å²) in [4.78, 5) is 0. The monoisotopic (exact) mass is 338 g/mol. The molecule has 0 spiro atoms. The molecule has 1 N–H and O–H groups in total. The van der Waals surface area contributed by atoms with Crippen molar-refractivity contribution >= 4 is 10.0 Å². The minimum Gasteiger partial charge on any atom is -0.497 e. The van der Waals surface area contributed by atoms with Gasteiger partial charge in [-0.3, -0.25) is 0 Å². The summed E-state index contributed by atoms with van der Waals surface area (Å²) in [5.41, 5.74) is 2.74. The molecule has 2 aliphatic rings. The molecule has 1 aliphatic heterocycles. The molecule has 6 heteroatoms. The number of sulfonamides is 1. The van der Waals surface area contributed by atoms with Gasteiger partial charge in [-0.2, -0.15) is 0 Å². The van der Waals surface area contributed by atoms with Crippen LogP contribution in [0.25, 0.3) is 0 Å². The highest BCUT2D eigenvalue weighted by atomic mass is 32.2. The number of aryl methyl sites for hydroxylation is 1. The number of hydrogen-bond acceptors (Lipinski definition) is 4. The van der Waals surface area contributed by atoms with Crippen LogP contribution < -0.4 is 10.1 Å². The molecule has 1 fully saturated rings. The average molecular weight is 338 g/mol. The number of nitrogens with one attached hydrogen (secondary N) is 1. The lowest BCUT2D eigenvalue weighted by molar-refractivity contribution is 0.395. The van der Waals surface area contributed by atoms with Gasteiger partial charge < -0.3 is 10.1 Å². The third-order valence-electron chi connectivity index (χ3n) is 5.03. The summed E-state index contributed by atoms with van der Waals surface area (Å²) in [6.07, 6.45) is 5.67. The molecular weight excluding hydrogens is 312 g/mol. The molecule has 1 aromatic carbocycles. The lowest BCUT2D eigenvalue weighted by Crippen LogP contribution is -2.32. The van der Waals surface area contributed by atoms with Crippen molar-refractivity contribution in [2.24, 2.45) is 5.92 Å². The van der Waals surface area contributed by atoms with Gasteiger partial charge in [0.1, 0.15) is 5.75 Å². The van der Waals surface area contributed by atoms with E-state index in [0.717, 1.165) is 31.6 Å². The Hall–Kier alpha value is -1.11. The second-order valence-electron chi connectivity index (χ2n) is 6.69. The Morgan fingerprint density at radius 3 is 2.87 bits per heavy atom. The number of benzene rings is 1. The van der Waals surface area contributed by atoms with E-state index in [1.54, 1.807) is 11.4 Å². The molecule has 1 heterocycles. The van der Waals surface area contributed by atoms with Gasteiger partial charge in [-0.15, -0.1) is 0 Å². The van der Waals surface area contributed by atoms with Crippen molar-refractivity contribution in [3.05, 3.63) is 29.3 Å². The van der Waals surface area contributed by atoms with Crippen molar-refractivity contribution < 1.29 is 13.2 Å². The molecule has 1 aliphatic carbocycles. The first-order valence-electron chi connectivity index (χ1n) is 8.32. The second-order valence-corrected chi connectivity index (χ2v) is 8.68. The van der Waals surface area contributed by atoms with Gasteiger partial charge in [-0.25, -0.2) is 12.7 Å². The van der Waals surface area contributed by atoms with Crippen LogP contribution in [-0.2, 0) is 16.4 Å². The molecule has 0 amide bonds. The number of ether oxygens (including phenoxy) is 1. The third kappa shape index (κ3) is 3.87. The van der Waals surface area contributed by atoms with Crippen LogP contribution in [0.1, 0.15) is 36.4 Å². The normalized spacial score (nSPS) is 25.3. The summed E-state index contributed by atoms with van der Waals surface area (Å²) in [5.74, 6) is 1.33. The van der Waals surface area contributed by atoms with E-state index >= 15 is 0 Å². The largest absolute Gasteiger partial charge is 0.497 e. The van der Waals surface area contributed by atoms with Crippen LogP contribution in [0.15, 0.2) is 18.2 Å². The highest BCUT2D eigenvalue weighted by Gasteiger charge is 2.29. The topological polar surface area (TPSA) is 58.6 Å². The highest BCUT2D eigenvalue weighted by molar-refractivity contribution is 7.88. The van der Waals surface area contributed by atoms with Gasteiger partial charge >= 0.3 is 0 Å². The quantitative estimate of drug-likeness (QED) is 0.891. The Morgan fingerprint density at radius 2 is 2.17 bits per heavy atom. The molecule has 5 nitrogen and oxygen atoms in total. The molecular formula is C17H26N2O3S. The van der Waals surface area contributed by atoms with Gasteiger partial charge in [0.25, 0.3) is 0 Å². The minimum absolute atomic E-state index is 0.372. The van der Waals surface area contributed by atoms with Crippen molar-refractivity contribution in [3.8, 4) is 5.75 Å². The smallest absolute Gasteiger partial charge is 0.211 e. The fourth-order valence-electron chi connectivity index (χ4n) is 3.70. The molecule has 2 atom stereocenters. The third-order valence-corrected chi connectivity index (χ3v) is 6.30. The van der Waals surface area contributed by atoms with Gasteiger partial charge in [0.15, 0.2) is 0 Å². The van der Waals surface area contributed by atoms with Gasteiger partial charge in [0, 0.05) is 19.1 Å². The van der Waals surface area contributed by atoms with Gasteiger partial charge in [-0.1, -0.05) is 6.07 Å². The second kappa shape index (κ2) is 6.79. The molecule has 3 rings (SSSR count). The summed E-state index contributed by atoms with van der Waals surface area (Å²) in [5, 5.41) is 3.67. The number of rotatable bonds is 5. The SMILES string of the molecule is COc1ccc2c(c1)CCCC2NCC1CCN(S(C)(=O)=O)C1. The first-order valence-corrected chi connectivity index (χ1v) is 10.2. The van der Waals surface area contributed by atoms with Gasteiger partial charge in [-0.05, 0) is 61.4 Å². The maximum absolute atomic E-state index is 11.6. The van der Waals surface area contributed by atoms with Crippen molar-refractivity contribution in [2.45, 2.75) is 31.7 Å². The number of methoxy groups -OCH3 is 1. The maximum Gasteiger partial charge on any atom is 0.211 e. The number of fused-ring (bicyclic) bond motifs is 1. The summed E-state index contributed by atoms with van der Waals surface area (Å²) >= 11 is 0. The predicted octanol–water partition coefficient (Wildman–Crippen LogP) is 1.94. The Bertz CT molecular complexity index is 660. The van der Waals surface area contributed by atoms with E-state index < -0.39 is 10.0 Å². The lowest BCUT2D eigenvalue weighted by atomic mass is 9.87. The average Bonchev–Trinajstić information content (AvgIpc) is 3.01. The Kier molecular flexibility index (Phi) is 4.94. The van der Waals surface area contributed by atoms with E-state index in [4.69, 9.17) is 4.74 Å². The van der Waals surface area contributed by atoms with Gasteiger partial charge in [0.05, 0.1) is 13.4 Å². The molecule has 1 saturated heterocycles. The van der Waals surface area contributed by atoms with E-state index in [9.17, 15) is 8.42 Å². The summed E-state index contributed by atoms with van der Waals surface area (Å²) in [7, 11) is -1.34. The lowest BCUT2D eigenvalue weighted by Gasteiger charge is -2.28. The van der Waals surface area contributed by atoms with Crippen LogP contribution in [-0.4, -0.2) is 45.7 Å². The van der Waals surface area contributed by atoms with E-state index in [1.807, 2.05) is 6.07 Å². The maximum atomic E-state index is 11.6. The van der Waals surface area contributed by atoms with E-state index in [0.29, 0.717) is 25.0 Å². The van der Waals surface area contributed by atoms with Crippen molar-refractivity contribution in [1.82, 2.24) is 9.62 Å². The van der Waals surface area contributed by atoms with E-state index in [-0.39, 0.29) is 0 Å². The van der Waals surface area contributed by atoms with Crippen LogP contribution in [0.3, 0.4) is 0 Å². The minimum atomic E-state index is -3.04. The van der Waals surface area contributed by atoms with Crippen LogP contribution in [0.4, 0.5) is 0 Å². The zero-order valence-corrected chi connectivity index (χ0v) is 14.7. The predicted molar refractivity (Wildman–Crippen MR) is 91.2 cm³/mol. The summed E-state index contributed by atoms with van der Waals surface area (Å²) in [6.45, 7) is 2.18. The van der Waals surface area contributed by atoms with Gasteiger partial charge in [0.2, 0.25) is 10.0 Å². The number of nitrogens with zero attached hydrogens (tertiary/aromatic N) is 1. The number of hydrogen-bond donors (Lipinski definition) is 1. The van der Waals surface area contributed by atoms with Crippen LogP contribution in [0.2, 0.25) is 0 Å². The highest BCUT2D eigenvalue weighted by Crippen LogP contribution is 2.32. The van der Waals surface area contributed by atoms with Crippen molar-refractivity contribution in [3.63, 3.8) is 0 Å². The van der Waals surface area contributed by atoms with Crippen LogP contribution >= 0.6 is 0 Å². The molecule has 0 radical (unpaired) electrons. The van der Waals surface area contributed by atoms with Crippen LogP contribution in [0, 0.1) is 5.92 Å². The molecule has 0 bridgehead atoms. The Morgan fingerprint density at radius 1 is 1.35 bits per heavy atom. The molecule has 23 heavy (non-hydrogen) atoms. The summed E-state index contributed by atoms with van der Waals surface area (Å²) < 4.78 is 30.1. The fraction of sp³-hybridized carbons (Fsp3) is 0.647. The zero-order valence-electron chi connectivity index (χ0n) is 13.9. The van der Waals surface area contributed by atoms with Crippen LogP contribution in [0.5, 0.6) is 5.75 Å². The first kappa shape index (κ1) is 16.7. The molecule has 128 valence electrons. The van der Waals surface area contributed by atoms with Crippen molar-refractivity contribution in [1.29, 1.82) is 0 Å². The first-order chi connectivity index (χ1) is 11.0. The fourth-order valence-corrected chi connectivity index (χ4v) is 4.62. The Balaban J connectivity index is 1.60. The Labute approximate surface area is 139 Å². The molecule has 0 aromatic heterocycles. The standard InChI is InChI=1S/C17H26N2O3S/c1-22-15-6-7-16-14(10-15)4-3-5-17(16)18-11-13-8-9-19(12-13)23(2,20)21/h6-7,10,13,17-18H,3-5,8-9,11-12H2,1-2H3. The zero-order chi connectivity index (χ0) is 16.4. The van der Waals surface area contributed by atoms with E-state index in [1.165, 1.54) is 23.8 Å². The molecule has 0 saturated carbocycles. The van der Waals surface area contributed by atoms with E-state index in [2.05, 4.69) is 17.4 Å². The molecule has 2 unspecified atom stereocenters.